The maximum Gasteiger partial charge on any atom is 0.0795 e. The van der Waals surface area contributed by atoms with Gasteiger partial charge in [0.05, 0.1) is 8.07 Å². The van der Waals surface area contributed by atoms with Crippen molar-refractivity contribution in [2.24, 2.45) is 0 Å². The van der Waals surface area contributed by atoms with Gasteiger partial charge in [-0.05, 0) is 33.8 Å². The summed E-state index contributed by atoms with van der Waals surface area (Å²) in [6, 6.07) is 41.4. The van der Waals surface area contributed by atoms with Crippen LogP contribution in [0.25, 0.3) is 22.5 Å². The molecule has 2 nitrogen and oxygen atoms in total. The monoisotopic (exact) mass is 677 g/mol. The van der Waals surface area contributed by atoms with Crippen molar-refractivity contribution in [3.05, 3.63) is 139 Å². The Kier molecular flexibility index (Phi) is 10.3. The number of hydrogen-bond acceptors (Lipinski definition) is 2. The van der Waals surface area contributed by atoms with Gasteiger partial charge in [0.1, 0.15) is 0 Å². The van der Waals surface area contributed by atoms with Crippen molar-refractivity contribution in [2.75, 3.05) is 0 Å². The first-order valence-electron chi connectivity index (χ1n) is 12.3. The molecule has 0 amide bonds. The molecular formula is C33H32IrN2Si-2. The molecule has 0 aliphatic heterocycles. The van der Waals surface area contributed by atoms with Crippen molar-refractivity contribution in [3.63, 3.8) is 0 Å². The Morgan fingerprint density at radius 3 is 1.81 bits per heavy atom. The molecule has 0 saturated carbocycles. The van der Waals surface area contributed by atoms with E-state index < -0.39 is 8.07 Å². The van der Waals surface area contributed by atoms with E-state index in [0.717, 1.165) is 22.5 Å². The number of hydrogen-bond donors (Lipinski definition) is 0. The second-order valence-corrected chi connectivity index (χ2v) is 14.9. The zero-order chi connectivity index (χ0) is 25.4. The first-order chi connectivity index (χ1) is 17.4. The zero-order valence-electron chi connectivity index (χ0n) is 21.8. The van der Waals surface area contributed by atoms with Crippen LogP contribution in [-0.4, -0.2) is 18.0 Å². The van der Waals surface area contributed by atoms with Gasteiger partial charge in [0, 0.05) is 38.4 Å². The first kappa shape index (κ1) is 28.4. The summed E-state index contributed by atoms with van der Waals surface area (Å²) in [6.07, 6.45) is 3.90. The molecule has 2 aromatic heterocycles. The van der Waals surface area contributed by atoms with Crippen LogP contribution in [0.3, 0.4) is 0 Å². The quantitative estimate of drug-likeness (QED) is 0.140. The van der Waals surface area contributed by atoms with Crippen LogP contribution in [0.15, 0.2) is 116 Å². The van der Waals surface area contributed by atoms with E-state index in [-0.39, 0.29) is 20.1 Å². The van der Waals surface area contributed by atoms with Crippen molar-refractivity contribution in [2.45, 2.75) is 32.5 Å². The van der Waals surface area contributed by atoms with Gasteiger partial charge in [-0.15, -0.1) is 71.8 Å². The summed E-state index contributed by atoms with van der Waals surface area (Å²) in [7, 11) is -1.23. The molecule has 0 fully saturated rings. The molecule has 4 heteroatoms. The number of rotatable bonds is 5. The zero-order valence-corrected chi connectivity index (χ0v) is 25.2. The van der Waals surface area contributed by atoms with Crippen molar-refractivity contribution in [1.82, 2.24) is 9.97 Å². The first-order valence-corrected chi connectivity index (χ1v) is 15.8. The molecule has 0 aliphatic carbocycles. The third kappa shape index (κ3) is 7.90. The molecule has 0 N–H and O–H groups in total. The van der Waals surface area contributed by atoms with Gasteiger partial charge >= 0.3 is 0 Å². The third-order valence-corrected chi connectivity index (χ3v) is 8.21. The van der Waals surface area contributed by atoms with Gasteiger partial charge in [0.2, 0.25) is 0 Å². The summed E-state index contributed by atoms with van der Waals surface area (Å²) in [5.74, 6) is 0.363. The van der Waals surface area contributed by atoms with Gasteiger partial charge in [-0.2, -0.15) is 0 Å². The van der Waals surface area contributed by atoms with Crippen LogP contribution in [-0.2, 0) is 20.1 Å². The van der Waals surface area contributed by atoms with E-state index in [9.17, 15) is 0 Å². The Hall–Kier alpha value is -3.17. The van der Waals surface area contributed by atoms with Gasteiger partial charge in [-0.25, -0.2) is 0 Å². The van der Waals surface area contributed by atoms with E-state index in [2.05, 4.69) is 97.2 Å². The fourth-order valence-electron chi connectivity index (χ4n) is 3.90. The van der Waals surface area contributed by atoms with Crippen LogP contribution in [0.1, 0.15) is 24.0 Å². The van der Waals surface area contributed by atoms with Gasteiger partial charge < -0.3 is 9.97 Å². The minimum atomic E-state index is -1.23. The van der Waals surface area contributed by atoms with E-state index in [1.165, 1.54) is 16.3 Å². The minimum absolute atomic E-state index is 0. The van der Waals surface area contributed by atoms with Crippen LogP contribution in [0.5, 0.6) is 0 Å². The molecule has 1 radical (unpaired) electrons. The standard InChI is InChI=1S/C19H16N.C14H16NSi.Ir/c1-15(16-8-4-2-5-9-16)18-12-13-20-19(14-18)17-10-6-3-7-11-17;1-16(2,3)13-9-10-14(15-11-13)12-7-5-4-6-8-12;/h2-10,12-15H,1H3;4-7,9-11H,1-3H3;/q2*-1;. The Morgan fingerprint density at radius 2 is 1.27 bits per heavy atom. The predicted octanol–water partition coefficient (Wildman–Crippen LogP) is 7.79. The number of nitrogens with zero attached hydrogens (tertiary/aromatic N) is 2. The summed E-state index contributed by atoms with van der Waals surface area (Å²) in [5.41, 5.74) is 6.67. The second-order valence-electron chi connectivity index (χ2n) is 9.84. The molecule has 3 aromatic carbocycles. The predicted molar refractivity (Wildman–Crippen MR) is 154 cm³/mol. The van der Waals surface area contributed by atoms with E-state index in [4.69, 9.17) is 0 Å². The number of pyridine rings is 2. The van der Waals surface area contributed by atoms with Gasteiger partial charge in [-0.3, -0.25) is 0 Å². The molecule has 0 bridgehead atoms. The van der Waals surface area contributed by atoms with E-state index in [1.54, 1.807) is 0 Å². The molecule has 37 heavy (non-hydrogen) atoms. The number of aromatic nitrogens is 2. The van der Waals surface area contributed by atoms with Crippen molar-refractivity contribution in [1.29, 1.82) is 0 Å². The normalized spacial score (nSPS) is 11.5. The third-order valence-electron chi connectivity index (χ3n) is 6.18. The molecule has 1 unspecified atom stereocenters. The fraction of sp³-hybridized carbons (Fsp3) is 0.152. The van der Waals surface area contributed by atoms with E-state index in [0.29, 0.717) is 5.92 Å². The molecular weight excluding hydrogens is 645 g/mol. The second kappa shape index (κ2) is 13.4. The topological polar surface area (TPSA) is 25.8 Å². The van der Waals surface area contributed by atoms with Crippen LogP contribution in [0.2, 0.25) is 19.6 Å². The van der Waals surface area contributed by atoms with Gasteiger partial charge in [0.25, 0.3) is 0 Å². The van der Waals surface area contributed by atoms with E-state index in [1.807, 2.05) is 67.0 Å². The molecule has 0 spiro atoms. The average Bonchev–Trinajstić information content (AvgIpc) is 2.94. The summed E-state index contributed by atoms with van der Waals surface area (Å²) in [5, 5.41) is 1.40. The number of benzene rings is 3. The summed E-state index contributed by atoms with van der Waals surface area (Å²) < 4.78 is 0. The van der Waals surface area contributed by atoms with Crippen LogP contribution in [0.4, 0.5) is 0 Å². The fourth-order valence-corrected chi connectivity index (χ4v) is 4.94. The molecule has 2 heterocycles. The Morgan fingerprint density at radius 1 is 0.649 bits per heavy atom. The summed E-state index contributed by atoms with van der Waals surface area (Å²) in [4.78, 5) is 8.97. The van der Waals surface area contributed by atoms with Gasteiger partial charge in [-0.1, -0.05) is 75.1 Å². The summed E-state index contributed by atoms with van der Waals surface area (Å²) in [6.45, 7) is 9.22. The maximum absolute atomic E-state index is 4.52. The maximum atomic E-state index is 4.52. The van der Waals surface area contributed by atoms with Crippen LogP contribution >= 0.6 is 0 Å². The van der Waals surface area contributed by atoms with Crippen molar-refractivity contribution < 1.29 is 20.1 Å². The molecule has 0 saturated heterocycles. The minimum Gasteiger partial charge on any atom is -0.305 e. The van der Waals surface area contributed by atoms with Crippen molar-refractivity contribution in [3.8, 4) is 22.5 Å². The summed E-state index contributed by atoms with van der Waals surface area (Å²) >= 11 is 0. The molecule has 5 rings (SSSR count). The smallest absolute Gasteiger partial charge is 0.0795 e. The van der Waals surface area contributed by atoms with Crippen LogP contribution in [0, 0.1) is 12.1 Å². The molecule has 5 aromatic rings. The Bertz CT molecular complexity index is 1350. The average molecular weight is 677 g/mol. The largest absolute Gasteiger partial charge is 0.305 e. The van der Waals surface area contributed by atoms with Crippen molar-refractivity contribution >= 4 is 13.3 Å². The van der Waals surface area contributed by atoms with Crippen LogP contribution < -0.4 is 5.19 Å². The molecule has 189 valence electrons. The Labute approximate surface area is 236 Å². The van der Waals surface area contributed by atoms with Gasteiger partial charge in [0.15, 0.2) is 0 Å². The molecule has 1 atom stereocenters. The SMILES string of the molecule is CC(c1ccccc1)c1ccnc(-c2[c-]cccc2)c1.C[Si](C)(C)c1ccc(-c2[c-]cccc2)nc1.[Ir]. The Balaban J connectivity index is 0.000000205. The molecule has 0 aliphatic rings. The van der Waals surface area contributed by atoms with E-state index >= 15 is 0 Å².